The van der Waals surface area contributed by atoms with Crippen molar-refractivity contribution >= 4 is 5.97 Å². The highest BCUT2D eigenvalue weighted by Crippen LogP contribution is 2.24. The molecule has 0 fully saturated rings. The van der Waals surface area contributed by atoms with Crippen LogP contribution in [0.4, 0.5) is 0 Å². The molecule has 0 aromatic heterocycles. The molecule has 0 heterocycles. The summed E-state index contributed by atoms with van der Waals surface area (Å²) < 4.78 is 5.33. The Kier molecular flexibility index (Phi) is 5.81. The first-order valence-corrected chi connectivity index (χ1v) is 7.30. The zero-order valence-electron chi connectivity index (χ0n) is 11.8. The quantitative estimate of drug-likeness (QED) is 0.640. The van der Waals surface area contributed by atoms with Crippen LogP contribution >= 0.6 is 0 Å². The van der Waals surface area contributed by atoms with E-state index in [1.807, 2.05) is 30.3 Å². The lowest BCUT2D eigenvalue weighted by Gasteiger charge is -2.18. The summed E-state index contributed by atoms with van der Waals surface area (Å²) in [7, 11) is 0. The molecule has 0 aliphatic heterocycles. The van der Waals surface area contributed by atoms with Gasteiger partial charge in [-0.3, -0.25) is 4.79 Å². The van der Waals surface area contributed by atoms with Crippen LogP contribution in [0, 0.1) is 0 Å². The lowest BCUT2D eigenvalue weighted by atomic mass is 9.92. The molecule has 1 aromatic rings. The van der Waals surface area contributed by atoms with Gasteiger partial charge in [-0.05, 0) is 48.8 Å². The van der Waals surface area contributed by atoms with Crippen LogP contribution in [0.15, 0.2) is 41.5 Å². The molecule has 0 spiro atoms. The fourth-order valence-corrected chi connectivity index (χ4v) is 2.53. The third kappa shape index (κ3) is 4.49. The van der Waals surface area contributed by atoms with E-state index >= 15 is 0 Å². The fraction of sp³-hybridized carbons (Fsp3) is 0.471. The molecule has 2 rings (SSSR count). The Morgan fingerprint density at radius 1 is 1.10 bits per heavy atom. The van der Waals surface area contributed by atoms with Gasteiger partial charge in [0.05, 0.1) is 6.61 Å². The van der Waals surface area contributed by atoms with E-state index in [1.165, 1.54) is 0 Å². The van der Waals surface area contributed by atoms with Gasteiger partial charge in [0, 0.05) is 6.42 Å². The Morgan fingerprint density at radius 2 is 1.80 bits per heavy atom. The molecule has 0 saturated carbocycles. The minimum absolute atomic E-state index is 0.0941. The van der Waals surface area contributed by atoms with Gasteiger partial charge in [-0.1, -0.05) is 30.3 Å². The van der Waals surface area contributed by atoms with Gasteiger partial charge in [0.1, 0.15) is 6.61 Å². The van der Waals surface area contributed by atoms with Gasteiger partial charge < -0.3 is 9.84 Å². The second kappa shape index (κ2) is 7.85. The van der Waals surface area contributed by atoms with Gasteiger partial charge >= 0.3 is 5.97 Å². The lowest BCUT2D eigenvalue weighted by molar-refractivity contribution is -0.142. The van der Waals surface area contributed by atoms with Crippen molar-refractivity contribution in [3.63, 3.8) is 0 Å². The second-order valence-electron chi connectivity index (χ2n) is 5.22. The maximum absolute atomic E-state index is 11.7. The van der Waals surface area contributed by atoms with Crippen LogP contribution in [0.25, 0.3) is 0 Å². The number of benzene rings is 1. The molecule has 1 N–H and O–H groups in total. The largest absolute Gasteiger partial charge is 0.461 e. The summed E-state index contributed by atoms with van der Waals surface area (Å²) in [6, 6.07) is 9.94. The summed E-state index contributed by atoms with van der Waals surface area (Å²) >= 11 is 0. The molecule has 3 nitrogen and oxygen atoms in total. The van der Waals surface area contributed by atoms with Crippen molar-refractivity contribution in [2.45, 2.75) is 38.5 Å². The molecule has 0 saturated heterocycles. The van der Waals surface area contributed by atoms with Gasteiger partial charge in [-0.2, -0.15) is 0 Å². The summed E-state index contributed by atoms with van der Waals surface area (Å²) in [5, 5.41) is 9.28. The predicted octanol–water partition coefficient (Wildman–Crippen LogP) is 3.03. The second-order valence-corrected chi connectivity index (χ2v) is 5.22. The fourth-order valence-electron chi connectivity index (χ4n) is 2.53. The molecule has 1 aliphatic carbocycles. The zero-order chi connectivity index (χ0) is 14.2. The summed E-state index contributed by atoms with van der Waals surface area (Å²) in [6.45, 7) is 0.445. The molecular formula is C17H22O3. The number of hydrogen-bond donors (Lipinski definition) is 1. The normalized spacial score (nSPS) is 15.2. The molecule has 0 atom stereocenters. The van der Waals surface area contributed by atoms with Crippen molar-refractivity contribution < 1.29 is 14.6 Å². The van der Waals surface area contributed by atoms with E-state index in [4.69, 9.17) is 4.74 Å². The maximum Gasteiger partial charge on any atom is 0.306 e. The van der Waals surface area contributed by atoms with Crippen LogP contribution in [-0.4, -0.2) is 24.3 Å². The molecule has 0 amide bonds. The van der Waals surface area contributed by atoms with E-state index < -0.39 is 0 Å². The van der Waals surface area contributed by atoms with E-state index in [1.54, 1.807) is 0 Å². The number of esters is 1. The SMILES string of the molecule is O=C(CCc1ccccc1)OCC1=C(CO)CCCC1. The van der Waals surface area contributed by atoms with Crippen molar-refractivity contribution in [3.8, 4) is 0 Å². The molecule has 1 aliphatic rings. The first-order valence-electron chi connectivity index (χ1n) is 7.30. The maximum atomic E-state index is 11.7. The first kappa shape index (κ1) is 14.8. The van der Waals surface area contributed by atoms with E-state index in [0.29, 0.717) is 19.4 Å². The molecule has 20 heavy (non-hydrogen) atoms. The number of aliphatic hydroxyl groups is 1. The summed E-state index contributed by atoms with van der Waals surface area (Å²) in [5.74, 6) is -0.163. The van der Waals surface area contributed by atoms with Gasteiger partial charge in [0.15, 0.2) is 0 Å². The molecular weight excluding hydrogens is 252 g/mol. The third-order valence-corrected chi connectivity index (χ3v) is 3.77. The number of hydrogen-bond acceptors (Lipinski definition) is 3. The monoisotopic (exact) mass is 274 g/mol. The van der Waals surface area contributed by atoms with Crippen LogP contribution in [0.3, 0.4) is 0 Å². The molecule has 0 radical (unpaired) electrons. The van der Waals surface area contributed by atoms with Crippen LogP contribution < -0.4 is 0 Å². The Balaban J connectivity index is 1.76. The standard InChI is InChI=1S/C17H22O3/c18-12-15-8-4-5-9-16(15)13-20-17(19)11-10-14-6-2-1-3-7-14/h1-3,6-7,18H,4-5,8-13H2. The topological polar surface area (TPSA) is 46.5 Å². The Labute approximate surface area is 120 Å². The molecule has 108 valence electrons. The number of aryl methyl sites for hydroxylation is 1. The molecule has 0 bridgehead atoms. The highest BCUT2D eigenvalue weighted by molar-refractivity contribution is 5.69. The Morgan fingerprint density at radius 3 is 2.50 bits per heavy atom. The van der Waals surface area contributed by atoms with Crippen LogP contribution in [0.1, 0.15) is 37.7 Å². The van der Waals surface area contributed by atoms with Crippen LogP contribution in [0.2, 0.25) is 0 Å². The van der Waals surface area contributed by atoms with Crippen LogP contribution in [-0.2, 0) is 16.0 Å². The van der Waals surface area contributed by atoms with Gasteiger partial charge in [-0.15, -0.1) is 0 Å². The molecule has 3 heteroatoms. The smallest absolute Gasteiger partial charge is 0.306 e. The summed E-state index contributed by atoms with van der Waals surface area (Å²) in [4.78, 5) is 11.7. The number of ether oxygens (including phenoxy) is 1. The highest BCUT2D eigenvalue weighted by Gasteiger charge is 2.13. The number of carbonyl (C=O) groups is 1. The average molecular weight is 274 g/mol. The zero-order valence-corrected chi connectivity index (χ0v) is 11.8. The van der Waals surface area contributed by atoms with Gasteiger partial charge in [0.2, 0.25) is 0 Å². The van der Waals surface area contributed by atoms with E-state index in [2.05, 4.69) is 0 Å². The Hall–Kier alpha value is -1.61. The minimum Gasteiger partial charge on any atom is -0.461 e. The van der Waals surface area contributed by atoms with Crippen molar-refractivity contribution in [1.82, 2.24) is 0 Å². The summed E-state index contributed by atoms with van der Waals surface area (Å²) in [5.41, 5.74) is 3.33. The van der Waals surface area contributed by atoms with E-state index in [0.717, 1.165) is 42.4 Å². The highest BCUT2D eigenvalue weighted by atomic mass is 16.5. The predicted molar refractivity (Wildman–Crippen MR) is 78.3 cm³/mol. The number of carbonyl (C=O) groups excluding carboxylic acids is 1. The van der Waals surface area contributed by atoms with Crippen LogP contribution in [0.5, 0.6) is 0 Å². The van der Waals surface area contributed by atoms with Crippen molar-refractivity contribution in [2.24, 2.45) is 0 Å². The number of aliphatic hydroxyl groups excluding tert-OH is 1. The third-order valence-electron chi connectivity index (χ3n) is 3.77. The van der Waals surface area contributed by atoms with Crippen molar-refractivity contribution in [3.05, 3.63) is 47.0 Å². The van der Waals surface area contributed by atoms with E-state index in [-0.39, 0.29) is 12.6 Å². The van der Waals surface area contributed by atoms with Gasteiger partial charge in [-0.25, -0.2) is 0 Å². The average Bonchev–Trinajstić information content (AvgIpc) is 2.52. The summed E-state index contributed by atoms with van der Waals surface area (Å²) in [6.07, 6.45) is 5.26. The molecule has 0 unspecified atom stereocenters. The Bertz CT molecular complexity index is 462. The number of rotatable bonds is 6. The minimum atomic E-state index is -0.163. The first-order chi connectivity index (χ1) is 9.79. The van der Waals surface area contributed by atoms with E-state index in [9.17, 15) is 9.90 Å². The van der Waals surface area contributed by atoms with Crippen molar-refractivity contribution in [1.29, 1.82) is 0 Å². The lowest BCUT2D eigenvalue weighted by Crippen LogP contribution is -2.13. The van der Waals surface area contributed by atoms with Crippen molar-refractivity contribution in [2.75, 3.05) is 13.2 Å². The molecule has 1 aromatic carbocycles. The van der Waals surface area contributed by atoms with Gasteiger partial charge in [0.25, 0.3) is 0 Å².